The molecule has 0 radical (unpaired) electrons. The molecule has 1 heterocycles. The molecular formula is C4H7N2OP. The van der Waals surface area contributed by atoms with Crippen molar-refractivity contribution in [2.75, 3.05) is 0 Å². The van der Waals surface area contributed by atoms with Gasteiger partial charge in [0.2, 0.25) is 0 Å². The third-order valence-electron chi connectivity index (χ3n) is 0.478. The van der Waals surface area contributed by atoms with Crippen LogP contribution in [0.1, 0.15) is 0 Å². The molecule has 1 N–H and O–H groups in total. The highest BCUT2D eigenvalue weighted by atomic mass is 31.0. The summed E-state index contributed by atoms with van der Waals surface area (Å²) in [6.07, 6.45) is 4.88. The van der Waals surface area contributed by atoms with E-state index in [-0.39, 0.29) is 0 Å². The lowest BCUT2D eigenvalue weighted by Crippen LogP contribution is -1.66. The molecule has 1 atom stereocenters. The summed E-state index contributed by atoms with van der Waals surface area (Å²) in [5.41, 5.74) is 0. The summed E-state index contributed by atoms with van der Waals surface area (Å²) < 4.78 is 0. The van der Waals surface area contributed by atoms with Crippen molar-refractivity contribution in [3.63, 3.8) is 0 Å². The Bertz CT molecular complexity index is 86.0. The Hall–Kier alpha value is -0.530. The minimum Gasteiger partial charge on any atom is -0.380 e. The van der Waals surface area contributed by atoms with E-state index in [9.17, 15) is 0 Å². The van der Waals surface area contributed by atoms with Gasteiger partial charge >= 0.3 is 0 Å². The predicted octanol–water partition coefficient (Wildman–Crippen LogP) is 0.245. The summed E-state index contributed by atoms with van der Waals surface area (Å²) in [7, 11) is 1.42. The van der Waals surface area contributed by atoms with Gasteiger partial charge in [0.1, 0.15) is 6.33 Å². The van der Waals surface area contributed by atoms with E-state index in [1.54, 1.807) is 18.5 Å². The van der Waals surface area contributed by atoms with Gasteiger partial charge in [-0.15, -0.1) is 0 Å². The highest BCUT2D eigenvalue weighted by Gasteiger charge is 1.59. The predicted molar refractivity (Wildman–Crippen MR) is 34.0 cm³/mol. The second kappa shape index (κ2) is 6.47. The minimum absolute atomic E-state index is 1.42. The third kappa shape index (κ3) is 3.65. The van der Waals surface area contributed by atoms with Crippen molar-refractivity contribution in [3.05, 3.63) is 24.8 Å². The third-order valence-corrected chi connectivity index (χ3v) is 0.478. The first-order valence-electron chi connectivity index (χ1n) is 1.96. The van der Waals surface area contributed by atoms with Crippen molar-refractivity contribution in [3.8, 4) is 0 Å². The van der Waals surface area contributed by atoms with Gasteiger partial charge in [-0.3, -0.25) is 0 Å². The lowest BCUT2D eigenvalue weighted by atomic mass is 10.7. The summed E-state index contributed by atoms with van der Waals surface area (Å²) in [4.78, 5) is 14.3. The number of aromatic nitrogens is 2. The van der Waals surface area contributed by atoms with E-state index in [1.165, 1.54) is 15.8 Å². The molecule has 0 saturated heterocycles. The molecule has 0 aliphatic carbocycles. The topological polar surface area (TPSA) is 46.0 Å². The van der Waals surface area contributed by atoms with Crippen LogP contribution < -0.4 is 0 Å². The van der Waals surface area contributed by atoms with E-state index in [0.29, 0.717) is 0 Å². The van der Waals surface area contributed by atoms with Gasteiger partial charge in [0.25, 0.3) is 0 Å². The zero-order valence-corrected chi connectivity index (χ0v) is 5.38. The van der Waals surface area contributed by atoms with Gasteiger partial charge in [0, 0.05) is 12.4 Å². The second-order valence-electron chi connectivity index (χ2n) is 0.904. The average molecular weight is 130 g/mol. The van der Waals surface area contributed by atoms with Crippen LogP contribution >= 0.6 is 9.47 Å². The molecule has 1 unspecified atom stereocenters. The summed E-state index contributed by atoms with van der Waals surface area (Å²) >= 11 is 0. The number of nitrogens with zero attached hydrogens (tertiary/aromatic N) is 2. The van der Waals surface area contributed by atoms with Crippen LogP contribution in [0.15, 0.2) is 24.8 Å². The molecule has 3 nitrogen and oxygen atoms in total. The van der Waals surface area contributed by atoms with E-state index < -0.39 is 0 Å². The Kier molecular flexibility index (Phi) is 6.04. The summed E-state index contributed by atoms with van der Waals surface area (Å²) in [5, 5.41) is 0. The molecule has 0 aliphatic rings. The molecule has 0 aromatic carbocycles. The second-order valence-corrected chi connectivity index (χ2v) is 0.904. The molecule has 8 heavy (non-hydrogen) atoms. The van der Waals surface area contributed by atoms with E-state index in [1.807, 2.05) is 0 Å². The standard InChI is InChI=1S/C4H4N2.H3OP/c1-2-5-4-6-3-1;1-2/h1-4H;1H,2H2. The molecule has 44 valence electrons. The Labute approximate surface area is 50.1 Å². The molecule has 1 aromatic heterocycles. The minimum atomic E-state index is 1.42. The Morgan fingerprint density at radius 3 is 1.75 bits per heavy atom. The van der Waals surface area contributed by atoms with Crippen LogP contribution in [0, 0.1) is 0 Å². The number of hydrogen-bond acceptors (Lipinski definition) is 3. The summed E-state index contributed by atoms with van der Waals surface area (Å²) in [5.74, 6) is 0. The Balaban J connectivity index is 0.000000222. The van der Waals surface area contributed by atoms with Gasteiger partial charge in [0.15, 0.2) is 0 Å². The monoisotopic (exact) mass is 130 g/mol. The lowest BCUT2D eigenvalue weighted by molar-refractivity contribution is 0.664. The van der Waals surface area contributed by atoms with Gasteiger partial charge in [-0.2, -0.15) is 0 Å². The fourth-order valence-corrected chi connectivity index (χ4v) is 0.253. The smallest absolute Gasteiger partial charge is 0.115 e. The zero-order chi connectivity index (χ0) is 6.24. The molecule has 0 saturated carbocycles. The van der Waals surface area contributed by atoms with Crippen LogP contribution in [0.3, 0.4) is 0 Å². The van der Waals surface area contributed by atoms with Gasteiger partial charge in [-0.05, 0) is 15.5 Å². The molecular weight excluding hydrogens is 123 g/mol. The maximum Gasteiger partial charge on any atom is 0.115 e. The van der Waals surface area contributed by atoms with Crippen LogP contribution in [-0.2, 0) is 0 Å². The average Bonchev–Trinajstić information content (AvgIpc) is 1.96. The van der Waals surface area contributed by atoms with Gasteiger partial charge < -0.3 is 4.89 Å². The Morgan fingerprint density at radius 2 is 1.62 bits per heavy atom. The maximum atomic E-state index is 6.92. The van der Waals surface area contributed by atoms with Crippen LogP contribution in [0.2, 0.25) is 0 Å². The van der Waals surface area contributed by atoms with E-state index in [4.69, 9.17) is 4.89 Å². The lowest BCUT2D eigenvalue weighted by Gasteiger charge is -1.70. The molecule has 1 aromatic rings. The number of hydrogen-bond donors (Lipinski definition) is 1. The van der Waals surface area contributed by atoms with Gasteiger partial charge in [-0.1, -0.05) is 0 Å². The van der Waals surface area contributed by atoms with Crippen LogP contribution in [-0.4, -0.2) is 14.9 Å². The number of rotatable bonds is 0. The fraction of sp³-hybridized carbons (Fsp3) is 0. The molecule has 0 aliphatic heterocycles. The van der Waals surface area contributed by atoms with Crippen molar-refractivity contribution in [1.29, 1.82) is 0 Å². The highest BCUT2D eigenvalue weighted by molar-refractivity contribution is 7.08. The van der Waals surface area contributed by atoms with Crippen molar-refractivity contribution in [1.82, 2.24) is 9.97 Å². The summed E-state index contributed by atoms with van der Waals surface area (Å²) in [6, 6.07) is 1.78. The van der Waals surface area contributed by atoms with Crippen molar-refractivity contribution in [2.45, 2.75) is 0 Å². The fourth-order valence-electron chi connectivity index (χ4n) is 0.253. The van der Waals surface area contributed by atoms with E-state index in [0.717, 1.165) is 0 Å². The SMILES string of the molecule is OP.c1cncnc1. The molecule has 0 bridgehead atoms. The zero-order valence-electron chi connectivity index (χ0n) is 4.23. The molecule has 1 rings (SSSR count). The first kappa shape index (κ1) is 7.47. The Morgan fingerprint density at radius 1 is 1.12 bits per heavy atom. The van der Waals surface area contributed by atoms with Crippen molar-refractivity contribution in [2.24, 2.45) is 0 Å². The van der Waals surface area contributed by atoms with Crippen LogP contribution in [0.25, 0.3) is 0 Å². The first-order chi connectivity index (χ1) is 4.00. The van der Waals surface area contributed by atoms with Crippen LogP contribution in [0.4, 0.5) is 0 Å². The quantitative estimate of drug-likeness (QED) is 0.512. The van der Waals surface area contributed by atoms with E-state index >= 15 is 0 Å². The van der Waals surface area contributed by atoms with Gasteiger partial charge in [-0.25, -0.2) is 9.97 Å². The normalized spacial score (nSPS) is 6.75. The molecule has 4 heteroatoms. The molecule has 0 spiro atoms. The summed E-state index contributed by atoms with van der Waals surface area (Å²) in [6.45, 7) is 0. The molecule has 0 amide bonds. The van der Waals surface area contributed by atoms with E-state index in [2.05, 4.69) is 9.97 Å². The largest absolute Gasteiger partial charge is 0.380 e. The van der Waals surface area contributed by atoms with Crippen molar-refractivity contribution >= 4 is 9.47 Å². The van der Waals surface area contributed by atoms with Crippen LogP contribution in [0.5, 0.6) is 0 Å². The highest BCUT2D eigenvalue weighted by Crippen LogP contribution is 1.66. The molecule has 0 fully saturated rings. The first-order valence-corrected chi connectivity index (χ1v) is 2.47. The van der Waals surface area contributed by atoms with Crippen molar-refractivity contribution < 1.29 is 4.89 Å². The maximum absolute atomic E-state index is 6.92. The van der Waals surface area contributed by atoms with Gasteiger partial charge in [0.05, 0.1) is 0 Å².